The van der Waals surface area contributed by atoms with Gasteiger partial charge in [-0.05, 0) is 32.1 Å². The van der Waals surface area contributed by atoms with Gasteiger partial charge in [-0.1, -0.05) is 19.3 Å². The van der Waals surface area contributed by atoms with E-state index in [1.807, 2.05) is 23.5 Å². The standard InChI is InChI=1S/C14H24O2S2/c1-12(8-15-12)17-10-14(6-4-3-5-7-14)11-18-13(2)9-16-13/h3-11H2,1-2H3. The van der Waals surface area contributed by atoms with E-state index in [-0.39, 0.29) is 9.87 Å². The third kappa shape index (κ3) is 3.38. The Balaban J connectivity index is 1.55. The second-order valence-corrected chi connectivity index (χ2v) is 9.36. The van der Waals surface area contributed by atoms with Crippen molar-refractivity contribution in [2.45, 2.75) is 55.8 Å². The third-order valence-electron chi connectivity index (χ3n) is 4.38. The fourth-order valence-electron chi connectivity index (χ4n) is 2.61. The second kappa shape index (κ2) is 4.87. The molecule has 2 saturated heterocycles. The third-order valence-corrected chi connectivity index (χ3v) is 7.59. The lowest BCUT2D eigenvalue weighted by Crippen LogP contribution is -2.31. The molecule has 4 heteroatoms. The first kappa shape index (κ1) is 13.6. The van der Waals surface area contributed by atoms with E-state index >= 15 is 0 Å². The van der Waals surface area contributed by atoms with Crippen LogP contribution in [0.5, 0.6) is 0 Å². The summed E-state index contributed by atoms with van der Waals surface area (Å²) in [5, 5.41) is 0. The Morgan fingerprint density at radius 1 is 0.833 bits per heavy atom. The molecule has 1 saturated carbocycles. The summed E-state index contributed by atoms with van der Waals surface area (Å²) >= 11 is 4.09. The fourth-order valence-corrected chi connectivity index (χ4v) is 5.20. The van der Waals surface area contributed by atoms with E-state index < -0.39 is 0 Å². The molecule has 2 unspecified atom stereocenters. The van der Waals surface area contributed by atoms with Crippen LogP contribution < -0.4 is 0 Å². The Kier molecular flexibility index (Phi) is 3.68. The summed E-state index contributed by atoms with van der Waals surface area (Å²) in [7, 11) is 0. The summed E-state index contributed by atoms with van der Waals surface area (Å²) < 4.78 is 11.0. The smallest absolute Gasteiger partial charge is 0.134 e. The van der Waals surface area contributed by atoms with Crippen molar-refractivity contribution >= 4 is 23.5 Å². The molecule has 3 rings (SSSR count). The monoisotopic (exact) mass is 288 g/mol. The molecule has 0 aromatic rings. The van der Waals surface area contributed by atoms with Gasteiger partial charge in [0.2, 0.25) is 0 Å². The van der Waals surface area contributed by atoms with Crippen LogP contribution in [0.4, 0.5) is 0 Å². The number of hydrogen-bond acceptors (Lipinski definition) is 4. The Morgan fingerprint density at radius 3 is 1.67 bits per heavy atom. The van der Waals surface area contributed by atoms with Gasteiger partial charge in [0.15, 0.2) is 0 Å². The number of hydrogen-bond donors (Lipinski definition) is 0. The molecule has 2 aliphatic heterocycles. The van der Waals surface area contributed by atoms with Crippen molar-refractivity contribution in [3.63, 3.8) is 0 Å². The van der Waals surface area contributed by atoms with Gasteiger partial charge >= 0.3 is 0 Å². The van der Waals surface area contributed by atoms with Gasteiger partial charge in [-0.2, -0.15) is 0 Å². The quantitative estimate of drug-likeness (QED) is 0.692. The first-order chi connectivity index (χ1) is 8.54. The van der Waals surface area contributed by atoms with Gasteiger partial charge < -0.3 is 9.47 Å². The zero-order valence-corrected chi connectivity index (χ0v) is 13.1. The number of ether oxygens (including phenoxy) is 2. The van der Waals surface area contributed by atoms with E-state index in [9.17, 15) is 0 Å². The molecule has 0 radical (unpaired) electrons. The molecule has 1 aliphatic carbocycles. The van der Waals surface area contributed by atoms with Crippen molar-refractivity contribution < 1.29 is 9.47 Å². The lowest BCUT2D eigenvalue weighted by molar-refractivity contribution is 0.256. The summed E-state index contributed by atoms with van der Waals surface area (Å²) in [5.41, 5.74) is 0.539. The fraction of sp³-hybridized carbons (Fsp3) is 1.00. The molecule has 0 aromatic heterocycles. The molecule has 0 amide bonds. The van der Waals surface area contributed by atoms with Crippen molar-refractivity contribution in [2.75, 3.05) is 24.7 Å². The van der Waals surface area contributed by atoms with Gasteiger partial charge in [0.05, 0.1) is 13.2 Å². The predicted molar refractivity (Wildman–Crippen MR) is 79.1 cm³/mol. The zero-order valence-electron chi connectivity index (χ0n) is 11.5. The Morgan fingerprint density at radius 2 is 1.28 bits per heavy atom. The largest absolute Gasteiger partial charge is 0.358 e. The van der Waals surface area contributed by atoms with Gasteiger partial charge in [0.1, 0.15) is 9.87 Å². The van der Waals surface area contributed by atoms with Crippen molar-refractivity contribution in [1.82, 2.24) is 0 Å². The molecule has 18 heavy (non-hydrogen) atoms. The number of thioether (sulfide) groups is 2. The van der Waals surface area contributed by atoms with Crippen molar-refractivity contribution in [2.24, 2.45) is 5.41 Å². The summed E-state index contributed by atoms with van der Waals surface area (Å²) in [6, 6.07) is 0. The van der Waals surface area contributed by atoms with Gasteiger partial charge in [0.25, 0.3) is 0 Å². The highest BCUT2D eigenvalue weighted by Crippen LogP contribution is 2.50. The van der Waals surface area contributed by atoms with Gasteiger partial charge in [-0.25, -0.2) is 0 Å². The second-order valence-electron chi connectivity index (χ2n) is 6.48. The minimum Gasteiger partial charge on any atom is -0.358 e. The van der Waals surface area contributed by atoms with Gasteiger partial charge in [-0.3, -0.25) is 0 Å². The molecule has 0 spiro atoms. The highest BCUT2D eigenvalue weighted by molar-refractivity contribution is 8.01. The van der Waals surface area contributed by atoms with E-state index in [1.54, 1.807) is 0 Å². The van der Waals surface area contributed by atoms with Crippen LogP contribution in [-0.4, -0.2) is 34.6 Å². The van der Waals surface area contributed by atoms with E-state index in [2.05, 4.69) is 13.8 Å². The first-order valence-corrected chi connectivity index (χ1v) is 9.06. The van der Waals surface area contributed by atoms with Crippen LogP contribution in [-0.2, 0) is 9.47 Å². The minimum atomic E-state index is 0.148. The van der Waals surface area contributed by atoms with Crippen molar-refractivity contribution in [3.8, 4) is 0 Å². The maximum absolute atomic E-state index is 5.52. The number of epoxide rings is 2. The van der Waals surface area contributed by atoms with Crippen molar-refractivity contribution in [3.05, 3.63) is 0 Å². The van der Waals surface area contributed by atoms with Crippen LogP contribution in [0.25, 0.3) is 0 Å². The average Bonchev–Trinajstić information content (AvgIpc) is 3.28. The molecule has 3 fully saturated rings. The molecule has 3 aliphatic rings. The molecular formula is C14H24O2S2. The lowest BCUT2D eigenvalue weighted by atomic mass is 9.77. The highest BCUT2D eigenvalue weighted by atomic mass is 32.2. The lowest BCUT2D eigenvalue weighted by Gasteiger charge is -2.37. The minimum absolute atomic E-state index is 0.148. The molecule has 0 bridgehead atoms. The van der Waals surface area contributed by atoms with Crippen LogP contribution in [0.1, 0.15) is 46.0 Å². The molecular weight excluding hydrogens is 264 g/mol. The molecule has 0 aromatic carbocycles. The molecule has 2 atom stereocenters. The molecule has 2 nitrogen and oxygen atoms in total. The molecule has 104 valence electrons. The summed E-state index contributed by atoms with van der Waals surface area (Å²) in [5.74, 6) is 2.54. The van der Waals surface area contributed by atoms with Gasteiger partial charge in [-0.15, -0.1) is 23.5 Å². The first-order valence-electron chi connectivity index (χ1n) is 7.09. The Labute approximate surface area is 119 Å². The Hall–Kier alpha value is 0.620. The van der Waals surface area contributed by atoms with Crippen LogP contribution in [0.2, 0.25) is 0 Å². The SMILES string of the molecule is CC1(SCC2(CSC3(C)CO3)CCCCC2)CO1. The van der Waals surface area contributed by atoms with Gasteiger partial charge in [0, 0.05) is 11.5 Å². The summed E-state index contributed by atoms with van der Waals surface area (Å²) in [6.07, 6.45) is 7.06. The maximum Gasteiger partial charge on any atom is 0.134 e. The van der Waals surface area contributed by atoms with E-state index in [4.69, 9.17) is 9.47 Å². The van der Waals surface area contributed by atoms with Crippen molar-refractivity contribution in [1.29, 1.82) is 0 Å². The highest BCUT2D eigenvalue weighted by Gasteiger charge is 2.46. The topological polar surface area (TPSA) is 25.1 Å². The summed E-state index contributed by atoms with van der Waals surface area (Å²) in [4.78, 5) is 0.296. The number of rotatable bonds is 6. The Bertz CT molecular complexity index is 281. The maximum atomic E-state index is 5.52. The summed E-state index contributed by atoms with van der Waals surface area (Å²) in [6.45, 7) is 6.35. The predicted octanol–water partition coefficient (Wildman–Crippen LogP) is 3.90. The molecule has 0 N–H and O–H groups in total. The normalized spacial score (nSPS) is 41.7. The zero-order chi connectivity index (χ0) is 12.7. The van der Waals surface area contributed by atoms with E-state index in [1.165, 1.54) is 43.6 Å². The van der Waals surface area contributed by atoms with E-state index in [0.29, 0.717) is 5.41 Å². The van der Waals surface area contributed by atoms with Crippen LogP contribution in [0.15, 0.2) is 0 Å². The average molecular weight is 288 g/mol. The van der Waals surface area contributed by atoms with Crippen LogP contribution in [0, 0.1) is 5.41 Å². The molecule has 2 heterocycles. The van der Waals surface area contributed by atoms with E-state index in [0.717, 1.165) is 13.2 Å². The van der Waals surface area contributed by atoms with Crippen LogP contribution >= 0.6 is 23.5 Å². The van der Waals surface area contributed by atoms with Crippen LogP contribution in [0.3, 0.4) is 0 Å².